The second kappa shape index (κ2) is 5.04. The fourth-order valence-electron chi connectivity index (χ4n) is 1.66. The minimum absolute atomic E-state index is 0.356. The average molecular weight is 297 g/mol. The summed E-state index contributed by atoms with van der Waals surface area (Å²) in [5.41, 5.74) is 2.03. The normalized spacial score (nSPS) is 14.8. The number of alkyl halides is 1. The van der Waals surface area contributed by atoms with Crippen LogP contribution in [0.5, 0.6) is 0 Å². The molecule has 0 radical (unpaired) electrons. The summed E-state index contributed by atoms with van der Waals surface area (Å²) in [6, 6.07) is 2.33. The third-order valence-electron chi connectivity index (χ3n) is 3.10. The van der Waals surface area contributed by atoms with E-state index in [1.807, 2.05) is 30.2 Å². The van der Waals surface area contributed by atoms with Gasteiger partial charge in [-0.2, -0.15) is 0 Å². The summed E-state index contributed by atoms with van der Waals surface area (Å²) in [5, 5.41) is 4.40. The van der Waals surface area contributed by atoms with Crippen LogP contribution in [-0.2, 0) is 7.05 Å². The lowest BCUT2D eigenvalue weighted by Crippen LogP contribution is -2.25. The molecule has 2 heterocycles. The van der Waals surface area contributed by atoms with Gasteiger partial charge in [0.1, 0.15) is 5.52 Å². The van der Waals surface area contributed by atoms with Crippen LogP contribution in [0.25, 0.3) is 11.0 Å². The Bertz CT molecular complexity index is 508. The van der Waals surface area contributed by atoms with E-state index in [1.54, 1.807) is 0 Å². The first-order valence-corrected chi connectivity index (χ1v) is 6.84. The zero-order chi connectivity index (χ0) is 12.4. The minimum Gasteiger partial charge on any atom is -0.365 e. The minimum atomic E-state index is 0.356. The van der Waals surface area contributed by atoms with E-state index in [1.165, 1.54) is 0 Å². The van der Waals surface area contributed by atoms with Gasteiger partial charge in [0.15, 0.2) is 5.82 Å². The maximum atomic E-state index is 4.38. The van der Waals surface area contributed by atoms with Gasteiger partial charge in [-0.15, -0.1) is 0 Å². The Kier molecular flexibility index (Phi) is 3.66. The number of aryl methyl sites for hydroxylation is 1. The first kappa shape index (κ1) is 12.4. The molecule has 0 aliphatic heterocycles. The number of fused-ring (bicyclic) bond motifs is 1. The van der Waals surface area contributed by atoms with E-state index in [0.29, 0.717) is 12.0 Å². The van der Waals surface area contributed by atoms with Gasteiger partial charge in [0.05, 0.1) is 11.8 Å². The van der Waals surface area contributed by atoms with E-state index in [-0.39, 0.29) is 0 Å². The zero-order valence-corrected chi connectivity index (χ0v) is 11.9. The molecule has 2 rings (SSSR count). The first-order chi connectivity index (χ1) is 8.13. The topological polar surface area (TPSA) is 42.7 Å². The van der Waals surface area contributed by atoms with E-state index in [4.69, 9.17) is 0 Å². The quantitative estimate of drug-likeness (QED) is 0.882. The molecule has 0 saturated heterocycles. The van der Waals surface area contributed by atoms with Crippen LogP contribution in [0.2, 0.25) is 0 Å². The Morgan fingerprint density at radius 2 is 2.18 bits per heavy atom. The number of nitrogens with zero attached hydrogens (tertiary/aromatic N) is 3. The molecule has 0 fully saturated rings. The summed E-state index contributed by atoms with van der Waals surface area (Å²) in [7, 11) is 1.99. The van der Waals surface area contributed by atoms with Gasteiger partial charge in [0.25, 0.3) is 0 Å². The van der Waals surface area contributed by atoms with Crippen LogP contribution in [0.1, 0.15) is 13.8 Å². The number of halogens is 1. The van der Waals surface area contributed by atoms with Crippen molar-refractivity contribution in [2.24, 2.45) is 13.0 Å². The number of rotatable bonds is 4. The zero-order valence-electron chi connectivity index (χ0n) is 10.3. The van der Waals surface area contributed by atoms with Crippen molar-refractivity contribution in [3.05, 3.63) is 18.6 Å². The molecule has 4 nitrogen and oxygen atoms in total. The summed E-state index contributed by atoms with van der Waals surface area (Å²) in [6.45, 7) is 4.36. The summed E-state index contributed by atoms with van der Waals surface area (Å²) < 4.78 is 2.00. The van der Waals surface area contributed by atoms with E-state index < -0.39 is 0 Å². The average Bonchev–Trinajstić information content (AvgIpc) is 2.71. The van der Waals surface area contributed by atoms with E-state index in [2.05, 4.69) is 45.1 Å². The second-order valence-electron chi connectivity index (χ2n) is 4.45. The molecule has 0 saturated carbocycles. The van der Waals surface area contributed by atoms with Crippen LogP contribution in [0.3, 0.4) is 0 Å². The lowest BCUT2D eigenvalue weighted by molar-refractivity contribution is 0.571. The van der Waals surface area contributed by atoms with Gasteiger partial charge in [-0.25, -0.2) is 9.97 Å². The van der Waals surface area contributed by atoms with Gasteiger partial charge in [-0.3, -0.25) is 0 Å². The van der Waals surface area contributed by atoms with Crippen LogP contribution >= 0.6 is 15.9 Å². The third-order valence-corrected chi connectivity index (χ3v) is 4.13. The molecule has 5 heteroatoms. The van der Waals surface area contributed by atoms with Crippen LogP contribution in [0.4, 0.5) is 5.82 Å². The van der Waals surface area contributed by atoms with E-state index in [9.17, 15) is 0 Å². The van der Waals surface area contributed by atoms with Gasteiger partial charge < -0.3 is 9.88 Å². The number of imidazole rings is 1. The summed E-state index contributed by atoms with van der Waals surface area (Å²) >= 11 is 3.50. The van der Waals surface area contributed by atoms with Crippen LogP contribution in [-0.4, -0.2) is 25.9 Å². The number of anilines is 1. The van der Waals surface area contributed by atoms with Crippen molar-refractivity contribution in [1.29, 1.82) is 0 Å². The van der Waals surface area contributed by atoms with Gasteiger partial charge in [0.2, 0.25) is 0 Å². The fraction of sp³-hybridized carbons (Fsp3) is 0.500. The Labute approximate surface area is 110 Å². The third kappa shape index (κ3) is 2.44. The van der Waals surface area contributed by atoms with Crippen molar-refractivity contribution in [3.63, 3.8) is 0 Å². The van der Waals surface area contributed by atoms with Crippen molar-refractivity contribution < 1.29 is 0 Å². The highest BCUT2D eigenvalue weighted by molar-refractivity contribution is 9.09. The predicted octanol–water partition coefficient (Wildman–Crippen LogP) is 2.80. The number of hydrogen-bond donors (Lipinski definition) is 1. The maximum absolute atomic E-state index is 4.38. The van der Waals surface area contributed by atoms with Crippen LogP contribution < -0.4 is 5.32 Å². The molecule has 92 valence electrons. The fourth-order valence-corrected chi connectivity index (χ4v) is 2.22. The molecule has 0 amide bonds. The van der Waals surface area contributed by atoms with Gasteiger partial charge in [0, 0.05) is 24.6 Å². The molecular formula is C12H17BrN4. The van der Waals surface area contributed by atoms with E-state index in [0.717, 1.165) is 22.2 Å². The summed E-state index contributed by atoms with van der Waals surface area (Å²) in [4.78, 5) is 8.76. The molecule has 2 unspecified atom stereocenters. The number of aromatic nitrogens is 3. The summed E-state index contributed by atoms with van der Waals surface area (Å²) in [5.74, 6) is 1.40. The summed E-state index contributed by atoms with van der Waals surface area (Å²) in [6.07, 6.45) is 3.63. The van der Waals surface area contributed by atoms with Crippen LogP contribution in [0, 0.1) is 5.92 Å². The molecule has 0 spiro atoms. The van der Waals surface area contributed by atoms with Crippen molar-refractivity contribution in [2.45, 2.75) is 19.9 Å². The lowest BCUT2D eigenvalue weighted by Gasteiger charge is -2.19. The molecule has 0 bridgehead atoms. The number of nitrogens with one attached hydrogen (secondary N) is 1. The molecule has 0 aromatic carbocycles. The number of hydrogen-bond acceptors (Lipinski definition) is 3. The molecule has 17 heavy (non-hydrogen) atoms. The Hall–Kier alpha value is -1.10. The van der Waals surface area contributed by atoms with Crippen molar-refractivity contribution in [2.75, 3.05) is 10.6 Å². The monoisotopic (exact) mass is 296 g/mol. The molecular weight excluding hydrogens is 280 g/mol. The highest BCUT2D eigenvalue weighted by atomic mass is 79.9. The molecule has 0 aliphatic rings. The smallest absolute Gasteiger partial charge is 0.154 e. The lowest BCUT2D eigenvalue weighted by atomic mass is 10.1. The number of pyridine rings is 1. The van der Waals surface area contributed by atoms with Crippen molar-refractivity contribution in [3.8, 4) is 0 Å². The highest BCUT2D eigenvalue weighted by Crippen LogP contribution is 2.20. The Morgan fingerprint density at radius 1 is 1.41 bits per heavy atom. The largest absolute Gasteiger partial charge is 0.365 e. The molecule has 0 aliphatic carbocycles. The van der Waals surface area contributed by atoms with E-state index >= 15 is 0 Å². The van der Waals surface area contributed by atoms with Crippen LogP contribution in [0.15, 0.2) is 18.6 Å². The molecule has 2 aromatic heterocycles. The van der Waals surface area contributed by atoms with Gasteiger partial charge in [-0.1, -0.05) is 22.9 Å². The SMILES string of the molecule is CC(CBr)C(C)Nc1nccc2c1ncn2C. The van der Waals surface area contributed by atoms with Crippen molar-refractivity contribution in [1.82, 2.24) is 14.5 Å². The van der Waals surface area contributed by atoms with Crippen molar-refractivity contribution >= 4 is 32.8 Å². The molecule has 2 atom stereocenters. The second-order valence-corrected chi connectivity index (χ2v) is 5.09. The maximum Gasteiger partial charge on any atom is 0.154 e. The standard InChI is InChI=1S/C12H17BrN4/c1-8(6-13)9(2)16-12-11-10(4-5-14-12)17(3)7-15-11/h4-5,7-9H,6H2,1-3H3,(H,14,16). The van der Waals surface area contributed by atoms with Gasteiger partial charge >= 0.3 is 0 Å². The predicted molar refractivity (Wildman–Crippen MR) is 74.6 cm³/mol. The Balaban J connectivity index is 2.30. The molecule has 1 N–H and O–H groups in total. The first-order valence-electron chi connectivity index (χ1n) is 5.72. The Morgan fingerprint density at radius 3 is 2.88 bits per heavy atom. The van der Waals surface area contributed by atoms with Gasteiger partial charge in [-0.05, 0) is 18.9 Å². The molecule has 2 aromatic rings. The highest BCUT2D eigenvalue weighted by Gasteiger charge is 2.14.